The van der Waals surface area contributed by atoms with Gasteiger partial charge in [-0.25, -0.2) is 9.18 Å². The van der Waals surface area contributed by atoms with Crippen molar-refractivity contribution < 1.29 is 18.7 Å². The molecule has 0 radical (unpaired) electrons. The van der Waals surface area contributed by atoms with Gasteiger partial charge in [-0.05, 0) is 30.4 Å². The van der Waals surface area contributed by atoms with Gasteiger partial charge in [-0.2, -0.15) is 0 Å². The summed E-state index contributed by atoms with van der Waals surface area (Å²) in [6, 6.07) is 8.16. The molecule has 6 heteroatoms. The molecular weight excluding hydrogens is 311 g/mol. The summed E-state index contributed by atoms with van der Waals surface area (Å²) in [6.07, 6.45) is 1.43. The highest BCUT2D eigenvalue weighted by molar-refractivity contribution is 5.84. The van der Waals surface area contributed by atoms with Gasteiger partial charge in [0.25, 0.3) is 0 Å². The molecule has 2 aliphatic heterocycles. The van der Waals surface area contributed by atoms with Crippen molar-refractivity contribution >= 4 is 12.0 Å². The number of fused-ring (bicyclic) bond motifs is 1. The lowest BCUT2D eigenvalue weighted by Crippen LogP contribution is -2.50. The van der Waals surface area contributed by atoms with E-state index in [-0.39, 0.29) is 12.5 Å². The highest BCUT2D eigenvalue weighted by Crippen LogP contribution is 2.40. The van der Waals surface area contributed by atoms with Gasteiger partial charge in [-0.15, -0.1) is 0 Å². The fraction of sp³-hybridized carbons (Fsp3) is 0.556. The Balaban J connectivity index is 1.76. The Bertz CT molecular complexity index is 626. The first-order chi connectivity index (χ1) is 11.6. The molecule has 3 rings (SSSR count). The van der Waals surface area contributed by atoms with Crippen molar-refractivity contribution in [3.8, 4) is 0 Å². The third-order valence-electron chi connectivity index (χ3n) is 5.14. The number of piperidine rings is 1. The van der Waals surface area contributed by atoms with Crippen LogP contribution in [0.15, 0.2) is 24.3 Å². The Hall–Kier alpha value is -2.11. The predicted octanol–water partition coefficient (Wildman–Crippen LogP) is 2.39. The van der Waals surface area contributed by atoms with Crippen LogP contribution in [-0.4, -0.2) is 55.2 Å². The molecule has 2 aliphatic rings. The molecule has 24 heavy (non-hydrogen) atoms. The Labute approximate surface area is 141 Å². The molecular formula is C18H23FN2O3. The smallest absolute Gasteiger partial charge is 0.409 e. The van der Waals surface area contributed by atoms with E-state index in [1.54, 1.807) is 9.80 Å². The molecule has 2 amide bonds. The van der Waals surface area contributed by atoms with Gasteiger partial charge in [0, 0.05) is 26.7 Å². The number of rotatable bonds is 2. The van der Waals surface area contributed by atoms with E-state index >= 15 is 0 Å². The Morgan fingerprint density at radius 2 is 1.92 bits per heavy atom. The van der Waals surface area contributed by atoms with E-state index in [0.717, 1.165) is 0 Å². The quantitative estimate of drug-likeness (QED) is 0.834. The zero-order valence-electron chi connectivity index (χ0n) is 14.0. The number of carbonyl (C=O) groups is 2. The maximum Gasteiger partial charge on any atom is 0.409 e. The van der Waals surface area contributed by atoms with Gasteiger partial charge < -0.3 is 14.5 Å². The van der Waals surface area contributed by atoms with Crippen molar-refractivity contribution in [3.63, 3.8) is 0 Å². The molecule has 5 nitrogen and oxygen atoms in total. The first-order valence-corrected chi connectivity index (χ1v) is 8.36. The zero-order chi connectivity index (χ0) is 17.2. The van der Waals surface area contributed by atoms with E-state index in [4.69, 9.17) is 4.74 Å². The number of hydrogen-bond acceptors (Lipinski definition) is 3. The minimum atomic E-state index is -0.677. The van der Waals surface area contributed by atoms with Crippen molar-refractivity contribution in [2.75, 3.05) is 33.4 Å². The van der Waals surface area contributed by atoms with Gasteiger partial charge in [0.2, 0.25) is 5.91 Å². The largest absolute Gasteiger partial charge is 0.447 e. The van der Waals surface area contributed by atoms with Crippen LogP contribution in [0.4, 0.5) is 9.18 Å². The number of benzene rings is 1. The summed E-state index contributed by atoms with van der Waals surface area (Å²) < 4.78 is 17.0. The number of alkyl halides is 1. The van der Waals surface area contributed by atoms with E-state index in [0.29, 0.717) is 38.9 Å². The lowest BCUT2D eigenvalue weighted by atomic mass is 9.73. The minimum absolute atomic E-state index is 0.149. The minimum Gasteiger partial charge on any atom is -0.447 e. The van der Waals surface area contributed by atoms with Gasteiger partial charge >= 0.3 is 6.09 Å². The first kappa shape index (κ1) is 16.7. The van der Waals surface area contributed by atoms with E-state index < -0.39 is 18.2 Å². The molecule has 1 spiro atoms. The monoisotopic (exact) mass is 334 g/mol. The van der Waals surface area contributed by atoms with Gasteiger partial charge in [0.15, 0.2) is 0 Å². The number of halogens is 1. The summed E-state index contributed by atoms with van der Waals surface area (Å²) in [5.41, 5.74) is 1.94. The molecule has 0 N–H and O–H groups in total. The van der Waals surface area contributed by atoms with Gasteiger partial charge in [-0.3, -0.25) is 4.79 Å². The van der Waals surface area contributed by atoms with Crippen LogP contribution in [0.3, 0.4) is 0 Å². The molecule has 2 heterocycles. The highest BCUT2D eigenvalue weighted by atomic mass is 19.1. The van der Waals surface area contributed by atoms with Crippen molar-refractivity contribution in [2.45, 2.75) is 25.8 Å². The van der Waals surface area contributed by atoms with E-state index in [1.807, 2.05) is 19.2 Å². The number of nitrogens with zero attached hydrogens (tertiary/aromatic N) is 2. The summed E-state index contributed by atoms with van der Waals surface area (Å²) in [6.45, 7) is 0.665. The van der Waals surface area contributed by atoms with Crippen molar-refractivity contribution in [1.29, 1.82) is 0 Å². The maximum absolute atomic E-state index is 13.0. The van der Waals surface area contributed by atoms with Gasteiger partial charge in [0.05, 0.1) is 5.41 Å². The first-order valence-electron chi connectivity index (χ1n) is 8.36. The highest BCUT2D eigenvalue weighted by Gasteiger charge is 2.45. The van der Waals surface area contributed by atoms with Gasteiger partial charge in [-0.1, -0.05) is 24.3 Å². The number of ether oxygens (including phenoxy) is 1. The second-order valence-corrected chi connectivity index (χ2v) is 6.68. The molecule has 1 aromatic carbocycles. The lowest BCUT2D eigenvalue weighted by Gasteiger charge is -2.41. The molecule has 130 valence electrons. The SMILES string of the molecule is CN1Cc2ccccc2CC2(CCN(C(=O)OCCF)CC2)C1=O. The summed E-state index contributed by atoms with van der Waals surface area (Å²) in [7, 11) is 1.84. The fourth-order valence-corrected chi connectivity index (χ4v) is 3.78. The van der Waals surface area contributed by atoms with Crippen LogP contribution in [0.2, 0.25) is 0 Å². The fourth-order valence-electron chi connectivity index (χ4n) is 3.78. The van der Waals surface area contributed by atoms with Crippen LogP contribution in [0.5, 0.6) is 0 Å². The van der Waals surface area contributed by atoms with E-state index in [2.05, 4.69) is 12.1 Å². The maximum atomic E-state index is 13.0. The molecule has 0 saturated carbocycles. The summed E-state index contributed by atoms with van der Waals surface area (Å²) in [5, 5.41) is 0. The number of hydrogen-bond donors (Lipinski definition) is 0. The standard InChI is InChI=1S/C18H23FN2O3/c1-20-13-15-5-3-2-4-14(15)12-18(16(20)22)6-9-21(10-7-18)17(23)24-11-8-19/h2-5H,6-13H2,1H3. The molecule has 1 fully saturated rings. The predicted molar refractivity (Wildman–Crippen MR) is 87.2 cm³/mol. The van der Waals surface area contributed by atoms with Crippen molar-refractivity contribution in [2.24, 2.45) is 5.41 Å². The molecule has 0 aromatic heterocycles. The number of likely N-dealkylation sites (tertiary alicyclic amines) is 1. The lowest BCUT2D eigenvalue weighted by molar-refractivity contribution is -0.143. The second-order valence-electron chi connectivity index (χ2n) is 6.68. The molecule has 0 unspecified atom stereocenters. The van der Waals surface area contributed by atoms with Crippen LogP contribution in [0, 0.1) is 5.41 Å². The van der Waals surface area contributed by atoms with E-state index in [1.165, 1.54) is 11.1 Å². The summed E-state index contributed by atoms with van der Waals surface area (Å²) in [5.74, 6) is 0.149. The van der Waals surface area contributed by atoms with Crippen LogP contribution < -0.4 is 0 Å². The molecule has 0 aliphatic carbocycles. The second kappa shape index (κ2) is 6.79. The third-order valence-corrected chi connectivity index (χ3v) is 5.14. The molecule has 0 atom stereocenters. The van der Waals surface area contributed by atoms with Crippen molar-refractivity contribution in [3.05, 3.63) is 35.4 Å². The molecule has 1 saturated heterocycles. The van der Waals surface area contributed by atoms with Crippen LogP contribution in [0.1, 0.15) is 24.0 Å². The van der Waals surface area contributed by atoms with Crippen LogP contribution >= 0.6 is 0 Å². The zero-order valence-corrected chi connectivity index (χ0v) is 14.0. The van der Waals surface area contributed by atoms with Gasteiger partial charge in [0.1, 0.15) is 13.3 Å². The third kappa shape index (κ3) is 3.09. The molecule has 1 aromatic rings. The average Bonchev–Trinajstić information content (AvgIpc) is 2.70. The number of amides is 2. The molecule has 0 bridgehead atoms. The van der Waals surface area contributed by atoms with Crippen LogP contribution in [0.25, 0.3) is 0 Å². The Morgan fingerprint density at radius 1 is 1.25 bits per heavy atom. The Morgan fingerprint density at radius 3 is 2.58 bits per heavy atom. The van der Waals surface area contributed by atoms with E-state index in [9.17, 15) is 14.0 Å². The topological polar surface area (TPSA) is 49.9 Å². The van der Waals surface area contributed by atoms with Crippen molar-refractivity contribution in [1.82, 2.24) is 9.80 Å². The number of carbonyl (C=O) groups excluding carboxylic acids is 2. The summed E-state index contributed by atoms with van der Waals surface area (Å²) >= 11 is 0. The Kier molecular flexibility index (Phi) is 4.73. The van der Waals surface area contributed by atoms with Crippen LogP contribution in [-0.2, 0) is 22.5 Å². The normalized spacial score (nSPS) is 19.8. The average molecular weight is 334 g/mol. The summed E-state index contributed by atoms with van der Waals surface area (Å²) in [4.78, 5) is 28.2.